The monoisotopic (exact) mass is 132 g/mol. The molecule has 0 spiro atoms. The Labute approximate surface area is 59.6 Å². The fraction of sp³-hybridized carbons (Fsp3) is 0. The third-order valence-electron chi connectivity index (χ3n) is 1.47. The highest BCUT2D eigenvalue weighted by Crippen LogP contribution is 2.23. The van der Waals surface area contributed by atoms with Crippen molar-refractivity contribution in [2.45, 2.75) is 0 Å². The second-order valence-electron chi connectivity index (χ2n) is 2.30. The number of nitrogens with zero attached hydrogens (tertiary/aromatic N) is 1. The first kappa shape index (κ1) is 5.35. The van der Waals surface area contributed by atoms with E-state index in [1.165, 1.54) is 0 Å². The van der Waals surface area contributed by atoms with Gasteiger partial charge in [-0.1, -0.05) is 6.07 Å². The number of nitrogens with two attached hydrogens (primary N) is 1. The molecular formula is C8H8N2. The second-order valence-corrected chi connectivity index (χ2v) is 2.30. The van der Waals surface area contributed by atoms with Crippen LogP contribution in [0.25, 0.3) is 0 Å². The molecule has 1 aliphatic rings. The third kappa shape index (κ3) is 0.838. The van der Waals surface area contributed by atoms with Crippen molar-refractivity contribution in [2.75, 3.05) is 10.6 Å². The highest BCUT2D eigenvalue weighted by atomic mass is 15.2. The van der Waals surface area contributed by atoms with Gasteiger partial charge in [0.2, 0.25) is 0 Å². The molecule has 0 amide bonds. The zero-order valence-corrected chi connectivity index (χ0v) is 5.49. The molecule has 0 saturated heterocycles. The van der Waals surface area contributed by atoms with Crippen molar-refractivity contribution in [3.63, 3.8) is 0 Å². The summed E-state index contributed by atoms with van der Waals surface area (Å²) in [5, 5.41) is 0. The molecule has 10 heavy (non-hydrogen) atoms. The first-order valence-electron chi connectivity index (χ1n) is 3.18. The van der Waals surface area contributed by atoms with Crippen LogP contribution in [0.3, 0.4) is 0 Å². The van der Waals surface area contributed by atoms with Gasteiger partial charge in [-0.3, -0.25) is 0 Å². The van der Waals surface area contributed by atoms with Crippen LogP contribution in [-0.2, 0) is 0 Å². The van der Waals surface area contributed by atoms with Crippen LogP contribution in [0, 0.1) is 0 Å². The average Bonchev–Trinajstić information content (AvgIpc) is 2.68. The molecule has 0 aromatic heterocycles. The topological polar surface area (TPSA) is 29.0 Å². The van der Waals surface area contributed by atoms with Crippen LogP contribution in [-0.4, -0.2) is 0 Å². The zero-order valence-electron chi connectivity index (χ0n) is 5.49. The summed E-state index contributed by atoms with van der Waals surface area (Å²) in [6, 6.07) is 7.80. The second kappa shape index (κ2) is 1.77. The number of anilines is 2. The summed E-state index contributed by atoms with van der Waals surface area (Å²) in [7, 11) is 0. The third-order valence-corrected chi connectivity index (χ3v) is 1.47. The number of benzene rings is 1. The fourth-order valence-electron chi connectivity index (χ4n) is 0.891. The molecule has 0 unspecified atom stereocenters. The van der Waals surface area contributed by atoms with E-state index < -0.39 is 0 Å². The maximum absolute atomic E-state index is 5.57. The molecule has 0 fully saturated rings. The van der Waals surface area contributed by atoms with Crippen LogP contribution in [0.15, 0.2) is 36.7 Å². The molecule has 0 atom stereocenters. The molecule has 2 N–H and O–H groups in total. The van der Waals surface area contributed by atoms with Gasteiger partial charge < -0.3 is 10.6 Å². The lowest BCUT2D eigenvalue weighted by molar-refractivity contribution is 1.47. The first-order valence-corrected chi connectivity index (χ1v) is 3.18. The van der Waals surface area contributed by atoms with Crippen molar-refractivity contribution in [3.8, 4) is 0 Å². The molecule has 2 rings (SSSR count). The van der Waals surface area contributed by atoms with Crippen LogP contribution in [0.4, 0.5) is 11.4 Å². The minimum absolute atomic E-state index is 0.811. The van der Waals surface area contributed by atoms with Crippen LogP contribution in [0.5, 0.6) is 0 Å². The van der Waals surface area contributed by atoms with Gasteiger partial charge in [0.25, 0.3) is 0 Å². The largest absolute Gasteiger partial charge is 0.399 e. The van der Waals surface area contributed by atoms with Crippen LogP contribution < -0.4 is 10.6 Å². The lowest BCUT2D eigenvalue weighted by atomic mass is 10.3. The van der Waals surface area contributed by atoms with E-state index in [1.54, 1.807) is 0 Å². The molecule has 1 aromatic rings. The van der Waals surface area contributed by atoms with Crippen LogP contribution >= 0.6 is 0 Å². The van der Waals surface area contributed by atoms with Gasteiger partial charge in [-0.15, -0.1) is 0 Å². The van der Waals surface area contributed by atoms with Crippen molar-refractivity contribution >= 4 is 11.4 Å². The normalized spacial score (nSPS) is 13.8. The predicted molar refractivity (Wildman–Crippen MR) is 42.5 cm³/mol. The minimum atomic E-state index is 0.811. The molecular weight excluding hydrogens is 124 g/mol. The van der Waals surface area contributed by atoms with Crippen molar-refractivity contribution in [1.29, 1.82) is 0 Å². The summed E-state index contributed by atoms with van der Waals surface area (Å²) in [5.41, 5.74) is 7.52. The molecule has 50 valence electrons. The van der Waals surface area contributed by atoms with Crippen molar-refractivity contribution in [2.24, 2.45) is 0 Å². The Morgan fingerprint density at radius 3 is 2.60 bits per heavy atom. The SMILES string of the molecule is Nc1cccc(N2C=C2)c1. The van der Waals surface area contributed by atoms with E-state index in [1.807, 2.05) is 41.6 Å². The molecule has 1 aliphatic heterocycles. The van der Waals surface area contributed by atoms with E-state index in [0.717, 1.165) is 11.4 Å². The van der Waals surface area contributed by atoms with Gasteiger partial charge in [0.1, 0.15) is 0 Å². The van der Waals surface area contributed by atoms with Gasteiger partial charge in [-0.2, -0.15) is 0 Å². The molecule has 2 nitrogen and oxygen atoms in total. The summed E-state index contributed by atoms with van der Waals surface area (Å²) >= 11 is 0. The number of nitrogen functional groups attached to an aromatic ring is 1. The molecule has 1 aromatic carbocycles. The van der Waals surface area contributed by atoms with Crippen LogP contribution in [0.2, 0.25) is 0 Å². The van der Waals surface area contributed by atoms with E-state index in [9.17, 15) is 0 Å². The lowest BCUT2D eigenvalue weighted by Gasteiger charge is -2.01. The molecule has 0 radical (unpaired) electrons. The van der Waals surface area contributed by atoms with Crippen molar-refractivity contribution in [3.05, 3.63) is 36.7 Å². The standard InChI is InChI=1S/C8H8N2/c9-7-2-1-3-8(6-7)10-4-5-10/h1-6H,9H2. The smallest absolute Gasteiger partial charge is 0.0471 e. The highest BCUT2D eigenvalue weighted by molar-refractivity contribution is 5.63. The Kier molecular flexibility index (Phi) is 0.947. The van der Waals surface area contributed by atoms with E-state index in [0.29, 0.717) is 0 Å². The summed E-state index contributed by atoms with van der Waals surface area (Å²) in [5.74, 6) is 0. The van der Waals surface area contributed by atoms with Gasteiger partial charge in [0, 0.05) is 23.8 Å². The maximum Gasteiger partial charge on any atom is 0.0471 e. The molecule has 0 bridgehead atoms. The van der Waals surface area contributed by atoms with Crippen molar-refractivity contribution in [1.82, 2.24) is 0 Å². The summed E-state index contributed by atoms with van der Waals surface area (Å²) in [6.45, 7) is 0. The molecule has 2 heteroatoms. The van der Waals surface area contributed by atoms with Gasteiger partial charge in [-0.25, -0.2) is 0 Å². The first-order chi connectivity index (χ1) is 4.86. The average molecular weight is 132 g/mol. The Morgan fingerprint density at radius 2 is 2.00 bits per heavy atom. The van der Waals surface area contributed by atoms with Gasteiger partial charge in [0.05, 0.1) is 0 Å². The Morgan fingerprint density at radius 1 is 1.20 bits per heavy atom. The summed E-state index contributed by atoms with van der Waals surface area (Å²) in [4.78, 5) is 2.02. The summed E-state index contributed by atoms with van der Waals surface area (Å²) < 4.78 is 0. The summed E-state index contributed by atoms with van der Waals surface area (Å²) in [6.07, 6.45) is 3.99. The lowest BCUT2D eigenvalue weighted by Crippen LogP contribution is -1.91. The zero-order chi connectivity index (χ0) is 6.97. The molecule has 0 aliphatic carbocycles. The quantitative estimate of drug-likeness (QED) is 0.587. The van der Waals surface area contributed by atoms with Gasteiger partial charge in [-0.05, 0) is 18.2 Å². The fourth-order valence-corrected chi connectivity index (χ4v) is 0.891. The van der Waals surface area contributed by atoms with Gasteiger partial charge >= 0.3 is 0 Å². The molecule has 0 saturated carbocycles. The Balaban J connectivity index is 2.33. The Hall–Kier alpha value is -1.44. The van der Waals surface area contributed by atoms with Crippen LogP contribution in [0.1, 0.15) is 0 Å². The van der Waals surface area contributed by atoms with E-state index >= 15 is 0 Å². The van der Waals surface area contributed by atoms with E-state index in [-0.39, 0.29) is 0 Å². The van der Waals surface area contributed by atoms with Gasteiger partial charge in [0.15, 0.2) is 0 Å². The molecule has 1 heterocycles. The number of hydrogen-bond donors (Lipinski definition) is 1. The maximum atomic E-state index is 5.57. The number of hydrogen-bond acceptors (Lipinski definition) is 2. The van der Waals surface area contributed by atoms with Crippen molar-refractivity contribution < 1.29 is 0 Å². The van der Waals surface area contributed by atoms with E-state index in [4.69, 9.17) is 5.73 Å². The minimum Gasteiger partial charge on any atom is -0.399 e. The highest BCUT2D eigenvalue weighted by Gasteiger charge is 2.07. The Bertz CT molecular complexity index is 272. The predicted octanol–water partition coefficient (Wildman–Crippen LogP) is 1.56. The number of rotatable bonds is 1. The van der Waals surface area contributed by atoms with E-state index in [2.05, 4.69) is 0 Å².